The first-order valence-electron chi connectivity index (χ1n) is 9.84. The lowest BCUT2D eigenvalue weighted by molar-refractivity contribution is -0.374. The molecule has 4 nitrogen and oxygen atoms in total. The molecule has 0 unspecified atom stereocenters. The summed E-state index contributed by atoms with van der Waals surface area (Å²) in [6.45, 7) is 0. The number of rotatable bonds is 9. The molecule has 0 aromatic heterocycles. The number of halogens is 8. The topological polar surface area (TPSA) is 52.6 Å². The smallest absolute Gasteiger partial charge is 0.382 e. The fraction of sp³-hybridized carbons (Fsp3) is 0.217. The fourth-order valence-corrected chi connectivity index (χ4v) is 3.47. The number of para-hydroxylation sites is 1. The van der Waals surface area contributed by atoms with Crippen LogP contribution in [0, 0.1) is 0 Å². The predicted octanol–water partition coefficient (Wildman–Crippen LogP) is 6.97. The third-order valence-electron chi connectivity index (χ3n) is 4.84. The van der Waals surface area contributed by atoms with E-state index in [-0.39, 0.29) is 23.6 Å². The molecular formula is C23H16F8O4S. The minimum Gasteiger partial charge on any atom is -0.457 e. The first-order chi connectivity index (χ1) is 16.5. The molecule has 13 heteroatoms. The van der Waals surface area contributed by atoms with Crippen LogP contribution in [-0.2, 0) is 22.0 Å². The molecule has 0 atom stereocenters. The average Bonchev–Trinajstić information content (AvgIpc) is 2.79. The highest BCUT2D eigenvalue weighted by Crippen LogP contribution is 2.59. The zero-order valence-electron chi connectivity index (χ0n) is 18.1. The summed E-state index contributed by atoms with van der Waals surface area (Å²) in [6, 6.07) is 11.5. The summed E-state index contributed by atoms with van der Waals surface area (Å²) >= 11 is 0. The zero-order chi connectivity index (χ0) is 27.0. The van der Waals surface area contributed by atoms with Crippen molar-refractivity contribution >= 4 is 10.1 Å². The summed E-state index contributed by atoms with van der Waals surface area (Å²) < 4.78 is 148. The summed E-state index contributed by atoms with van der Waals surface area (Å²) in [4.78, 5) is 0. The van der Waals surface area contributed by atoms with E-state index in [4.69, 9.17) is 4.74 Å². The monoisotopic (exact) mass is 540 g/mol. The molecule has 0 saturated heterocycles. The summed E-state index contributed by atoms with van der Waals surface area (Å²) in [7, 11) is -4.11. The van der Waals surface area contributed by atoms with Gasteiger partial charge < -0.3 is 8.92 Å². The zero-order valence-corrected chi connectivity index (χ0v) is 18.9. The van der Waals surface area contributed by atoms with Crippen molar-refractivity contribution in [3.8, 4) is 17.2 Å². The lowest BCUT2D eigenvalue weighted by Crippen LogP contribution is -2.59. The van der Waals surface area contributed by atoms with Crippen molar-refractivity contribution < 1.29 is 52.5 Å². The van der Waals surface area contributed by atoms with Gasteiger partial charge in [-0.3, -0.25) is 0 Å². The largest absolute Gasteiger partial charge is 0.457 e. The lowest BCUT2D eigenvalue weighted by atomic mass is 9.90. The molecular weight excluding hydrogens is 524 g/mol. The average molecular weight is 540 g/mol. The Bertz CT molecular complexity index is 1290. The van der Waals surface area contributed by atoms with Crippen LogP contribution in [-0.4, -0.2) is 26.5 Å². The van der Waals surface area contributed by atoms with E-state index in [0.717, 1.165) is 12.1 Å². The van der Waals surface area contributed by atoms with Crippen molar-refractivity contribution in [1.82, 2.24) is 0 Å². The number of alkyl halides is 8. The SMILES string of the molecule is CS(=O)(=O)Oc1ccc(C(F)(F)C(F)(F)C(F)(F)C(F)(F)c2ccc(Oc3ccccc3)cc2)cc1. The highest BCUT2D eigenvalue weighted by atomic mass is 32.2. The van der Waals surface area contributed by atoms with Crippen molar-refractivity contribution in [3.05, 3.63) is 90.0 Å². The molecule has 0 heterocycles. The van der Waals surface area contributed by atoms with Crippen LogP contribution in [0.5, 0.6) is 17.2 Å². The Morgan fingerprint density at radius 2 is 0.917 bits per heavy atom. The van der Waals surface area contributed by atoms with E-state index in [1.165, 1.54) is 12.1 Å². The standard InChI is InChI=1S/C23H16F8O4S/c1-36(32,33)35-19-13-9-16(10-14-19)21(26,27)23(30,31)22(28,29)20(24,25)15-7-11-18(12-8-15)34-17-5-3-2-4-6-17/h2-14H,1H3. The van der Waals surface area contributed by atoms with E-state index in [1.54, 1.807) is 18.2 Å². The molecule has 0 amide bonds. The molecule has 0 fully saturated rings. The van der Waals surface area contributed by atoms with Crippen LogP contribution in [0.1, 0.15) is 11.1 Å². The van der Waals surface area contributed by atoms with Gasteiger partial charge in [-0.25, -0.2) is 0 Å². The molecule has 0 aliphatic heterocycles. The third kappa shape index (κ3) is 5.11. The van der Waals surface area contributed by atoms with E-state index in [1.807, 2.05) is 0 Å². The molecule has 0 radical (unpaired) electrons. The van der Waals surface area contributed by atoms with Crippen molar-refractivity contribution in [2.24, 2.45) is 0 Å². The Labute approximate surface area is 200 Å². The molecule has 3 aromatic carbocycles. The van der Waals surface area contributed by atoms with Crippen LogP contribution in [0.4, 0.5) is 35.1 Å². The molecule has 0 spiro atoms. The van der Waals surface area contributed by atoms with Gasteiger partial charge in [0.15, 0.2) is 0 Å². The summed E-state index contributed by atoms with van der Waals surface area (Å²) in [6.07, 6.45) is 0.604. The van der Waals surface area contributed by atoms with Crippen molar-refractivity contribution in [1.29, 1.82) is 0 Å². The maximum atomic E-state index is 14.6. The Morgan fingerprint density at radius 3 is 1.31 bits per heavy atom. The van der Waals surface area contributed by atoms with Crippen molar-refractivity contribution in [2.45, 2.75) is 23.7 Å². The molecule has 0 N–H and O–H groups in total. The van der Waals surface area contributed by atoms with E-state index >= 15 is 0 Å². The quantitative estimate of drug-likeness (QED) is 0.217. The maximum Gasteiger partial charge on any atom is 0.382 e. The normalized spacial score (nSPS) is 13.4. The van der Waals surface area contributed by atoms with Crippen LogP contribution in [0.3, 0.4) is 0 Å². The molecule has 0 aliphatic rings. The highest BCUT2D eigenvalue weighted by Gasteiger charge is 2.81. The van der Waals surface area contributed by atoms with Gasteiger partial charge in [0.1, 0.15) is 17.2 Å². The minimum absolute atomic E-state index is 0.0995. The third-order valence-corrected chi connectivity index (χ3v) is 5.34. The van der Waals surface area contributed by atoms with E-state index in [9.17, 15) is 43.5 Å². The number of hydrogen-bond donors (Lipinski definition) is 0. The number of benzene rings is 3. The fourth-order valence-electron chi connectivity index (χ4n) is 3.01. The Balaban J connectivity index is 1.89. The van der Waals surface area contributed by atoms with E-state index in [0.29, 0.717) is 30.5 Å². The predicted molar refractivity (Wildman–Crippen MR) is 113 cm³/mol. The van der Waals surface area contributed by atoms with Crippen LogP contribution >= 0.6 is 0 Å². The van der Waals surface area contributed by atoms with Crippen LogP contribution in [0.25, 0.3) is 0 Å². The van der Waals surface area contributed by atoms with Gasteiger partial charge in [-0.05, 0) is 60.7 Å². The van der Waals surface area contributed by atoms with Crippen LogP contribution < -0.4 is 8.92 Å². The maximum absolute atomic E-state index is 14.6. The van der Waals surface area contributed by atoms with Gasteiger partial charge >= 0.3 is 33.8 Å². The van der Waals surface area contributed by atoms with Gasteiger partial charge in [0.2, 0.25) is 0 Å². The summed E-state index contributed by atoms with van der Waals surface area (Å²) in [5, 5.41) is 0. The molecule has 0 bridgehead atoms. The molecule has 0 saturated carbocycles. The molecule has 3 rings (SSSR count). The second-order valence-electron chi connectivity index (χ2n) is 7.55. The van der Waals surface area contributed by atoms with E-state index in [2.05, 4.69) is 4.18 Å². The Morgan fingerprint density at radius 1 is 0.556 bits per heavy atom. The molecule has 194 valence electrons. The summed E-state index contributed by atoms with van der Waals surface area (Å²) in [5.74, 6) is -25.1. The van der Waals surface area contributed by atoms with Gasteiger partial charge in [0.05, 0.1) is 6.26 Å². The van der Waals surface area contributed by atoms with Gasteiger partial charge in [0, 0.05) is 11.1 Å². The first-order valence-corrected chi connectivity index (χ1v) is 11.7. The second kappa shape index (κ2) is 9.26. The van der Waals surface area contributed by atoms with Crippen LogP contribution in [0.15, 0.2) is 78.9 Å². The second-order valence-corrected chi connectivity index (χ2v) is 9.12. The molecule has 0 aliphatic carbocycles. The van der Waals surface area contributed by atoms with Crippen LogP contribution in [0.2, 0.25) is 0 Å². The number of ether oxygens (including phenoxy) is 1. The molecule has 36 heavy (non-hydrogen) atoms. The Hall–Kier alpha value is -3.35. The van der Waals surface area contributed by atoms with Crippen molar-refractivity contribution in [3.63, 3.8) is 0 Å². The lowest BCUT2D eigenvalue weighted by Gasteiger charge is -2.37. The first kappa shape index (κ1) is 27.2. The summed E-state index contributed by atoms with van der Waals surface area (Å²) in [5.41, 5.74) is -3.42. The minimum atomic E-state index is -6.58. The Kier molecular flexibility index (Phi) is 7.01. The highest BCUT2D eigenvalue weighted by molar-refractivity contribution is 7.86. The van der Waals surface area contributed by atoms with Gasteiger partial charge in [0.25, 0.3) is 0 Å². The van der Waals surface area contributed by atoms with Gasteiger partial charge in [-0.2, -0.15) is 43.5 Å². The van der Waals surface area contributed by atoms with Gasteiger partial charge in [-0.1, -0.05) is 18.2 Å². The molecule has 3 aromatic rings. The van der Waals surface area contributed by atoms with E-state index < -0.39 is 50.7 Å². The van der Waals surface area contributed by atoms with Crippen molar-refractivity contribution in [2.75, 3.05) is 6.26 Å². The van der Waals surface area contributed by atoms with Gasteiger partial charge in [-0.15, -0.1) is 0 Å². The number of hydrogen-bond acceptors (Lipinski definition) is 4.